The van der Waals surface area contributed by atoms with E-state index in [1.54, 1.807) is 39.0 Å². The highest BCUT2D eigenvalue weighted by molar-refractivity contribution is 5.86. The summed E-state index contributed by atoms with van der Waals surface area (Å²) >= 11 is 0. The predicted molar refractivity (Wildman–Crippen MR) is 141 cm³/mol. The Balaban J connectivity index is 1.95. The van der Waals surface area contributed by atoms with Crippen molar-refractivity contribution < 1.29 is 19.4 Å². The summed E-state index contributed by atoms with van der Waals surface area (Å²) in [5.41, 5.74) is 0.588. The summed E-state index contributed by atoms with van der Waals surface area (Å²) in [7, 11) is 0. The number of carbonyl (C=O) groups is 2. The molecule has 10 heteroatoms. The lowest BCUT2D eigenvalue weighted by Crippen LogP contribution is -2.35. The minimum Gasteiger partial charge on any atom is -0.508 e. The van der Waals surface area contributed by atoms with E-state index in [1.165, 1.54) is 22.9 Å². The van der Waals surface area contributed by atoms with Crippen LogP contribution in [0.1, 0.15) is 40.2 Å². The number of rotatable bonds is 8. The van der Waals surface area contributed by atoms with E-state index in [0.717, 1.165) is 5.56 Å². The van der Waals surface area contributed by atoms with Crippen LogP contribution in [-0.2, 0) is 22.6 Å². The van der Waals surface area contributed by atoms with Crippen LogP contribution in [0.4, 0.5) is 16.3 Å². The molecule has 0 bridgehead atoms. The molecule has 1 heterocycles. The molecule has 1 radical (unpaired) electrons. The van der Waals surface area contributed by atoms with Gasteiger partial charge in [-0.3, -0.25) is 19.5 Å². The average Bonchev–Trinajstić information content (AvgIpc) is 2.79. The fraction of sp³-hybridized carbons (Fsp3) is 0.333. The molecule has 0 aliphatic heterocycles. The van der Waals surface area contributed by atoms with Crippen LogP contribution in [0, 0.1) is 6.07 Å². The first-order valence-electron chi connectivity index (χ1n) is 11.8. The summed E-state index contributed by atoms with van der Waals surface area (Å²) in [6.45, 7) is 8.94. The monoisotopic (exact) mass is 506 g/mol. The van der Waals surface area contributed by atoms with Gasteiger partial charge < -0.3 is 20.5 Å². The number of hydrogen-bond donors (Lipinski definition) is 4. The second kappa shape index (κ2) is 11.6. The molecule has 0 saturated heterocycles. The van der Waals surface area contributed by atoms with Crippen LogP contribution < -0.4 is 21.5 Å². The molecule has 0 spiro atoms. The predicted octanol–water partition coefficient (Wildman–Crippen LogP) is 3.90. The number of amides is 2. The Bertz CT molecular complexity index is 1310. The van der Waals surface area contributed by atoms with Crippen molar-refractivity contribution in [1.82, 2.24) is 14.9 Å². The van der Waals surface area contributed by atoms with Crippen LogP contribution in [0.5, 0.6) is 5.75 Å². The number of hydrogen-bond acceptors (Lipinski definition) is 7. The van der Waals surface area contributed by atoms with Crippen LogP contribution in [0.2, 0.25) is 0 Å². The summed E-state index contributed by atoms with van der Waals surface area (Å²) in [4.78, 5) is 42.6. The molecular weight excluding hydrogens is 474 g/mol. The smallest absolute Gasteiger partial charge is 0.412 e. The highest BCUT2D eigenvalue weighted by Gasteiger charge is 2.19. The molecule has 2 aromatic carbocycles. The van der Waals surface area contributed by atoms with E-state index in [4.69, 9.17) is 4.74 Å². The highest BCUT2D eigenvalue weighted by atomic mass is 16.6. The van der Waals surface area contributed by atoms with E-state index in [9.17, 15) is 19.5 Å². The van der Waals surface area contributed by atoms with Gasteiger partial charge in [0.25, 0.3) is 5.56 Å². The van der Waals surface area contributed by atoms with Crippen LogP contribution >= 0.6 is 0 Å². The number of nitrogens with zero attached hydrogens (tertiary/aromatic N) is 2. The molecular formula is C27H32N5O5. The number of aromatic hydroxyl groups is 1. The van der Waals surface area contributed by atoms with Gasteiger partial charge >= 0.3 is 6.09 Å². The number of ether oxygens (including phenoxy) is 1. The zero-order valence-corrected chi connectivity index (χ0v) is 21.6. The molecule has 3 aromatic rings. The molecule has 3 rings (SSSR count). The topological polar surface area (TPSA) is 135 Å². The number of benzene rings is 2. The quantitative estimate of drug-likeness (QED) is 0.364. The third-order valence-electron chi connectivity index (χ3n) is 4.92. The summed E-state index contributed by atoms with van der Waals surface area (Å²) in [6, 6.07) is 14.4. The van der Waals surface area contributed by atoms with Crippen molar-refractivity contribution in [2.24, 2.45) is 0 Å². The van der Waals surface area contributed by atoms with Gasteiger partial charge in [-0.2, -0.15) is 0 Å². The van der Waals surface area contributed by atoms with Crippen molar-refractivity contribution in [3.63, 3.8) is 0 Å². The van der Waals surface area contributed by atoms with Crippen LogP contribution in [0.15, 0.2) is 53.5 Å². The second-order valence-corrected chi connectivity index (χ2v) is 9.76. The lowest BCUT2D eigenvalue weighted by molar-refractivity contribution is -0.121. The van der Waals surface area contributed by atoms with Gasteiger partial charge in [-0.25, -0.2) is 9.78 Å². The number of nitrogens with one attached hydrogen (secondary N) is 3. The van der Waals surface area contributed by atoms with Gasteiger partial charge in [-0.15, -0.1) is 0 Å². The maximum atomic E-state index is 13.3. The van der Waals surface area contributed by atoms with Crippen LogP contribution in [0.25, 0.3) is 11.3 Å². The second-order valence-electron chi connectivity index (χ2n) is 9.76. The SMILES string of the molecule is CC(C)Nc1ncc(-c2cc(O)cc(NC(=O)OC(C)(C)C)c2)n(CC(=O)NCc2cc[c]cc2)c1=O. The van der Waals surface area contributed by atoms with Crippen molar-refractivity contribution in [3.8, 4) is 17.0 Å². The van der Waals surface area contributed by atoms with E-state index < -0.39 is 17.3 Å². The van der Waals surface area contributed by atoms with E-state index in [-0.39, 0.29) is 48.0 Å². The molecule has 4 N–H and O–H groups in total. The molecule has 2 amide bonds. The van der Waals surface area contributed by atoms with Crippen molar-refractivity contribution in [3.05, 3.63) is 70.6 Å². The maximum absolute atomic E-state index is 13.3. The first-order valence-corrected chi connectivity index (χ1v) is 11.8. The molecule has 195 valence electrons. The molecule has 1 aromatic heterocycles. The third-order valence-corrected chi connectivity index (χ3v) is 4.92. The molecule has 0 unspecified atom stereocenters. The van der Waals surface area contributed by atoms with Crippen molar-refractivity contribution in [2.75, 3.05) is 10.6 Å². The Hall–Kier alpha value is -4.34. The van der Waals surface area contributed by atoms with Gasteiger partial charge in [0.2, 0.25) is 5.91 Å². The number of carbonyl (C=O) groups excluding carboxylic acids is 2. The third kappa shape index (κ3) is 8.09. The van der Waals surface area contributed by atoms with Gasteiger partial charge in [0.1, 0.15) is 17.9 Å². The summed E-state index contributed by atoms with van der Waals surface area (Å²) in [6.07, 6.45) is 0.743. The van der Waals surface area contributed by atoms with E-state index in [0.29, 0.717) is 5.56 Å². The van der Waals surface area contributed by atoms with Crippen molar-refractivity contribution in [1.29, 1.82) is 0 Å². The van der Waals surface area contributed by atoms with Gasteiger partial charge in [-0.1, -0.05) is 24.3 Å². The average molecular weight is 507 g/mol. The molecule has 10 nitrogen and oxygen atoms in total. The van der Waals surface area contributed by atoms with Crippen molar-refractivity contribution >= 4 is 23.5 Å². The Morgan fingerprint density at radius 1 is 1.16 bits per heavy atom. The van der Waals surface area contributed by atoms with E-state index in [2.05, 4.69) is 27.0 Å². The number of phenols is 1. The van der Waals surface area contributed by atoms with Crippen LogP contribution in [0.3, 0.4) is 0 Å². The molecule has 37 heavy (non-hydrogen) atoms. The van der Waals surface area contributed by atoms with Gasteiger partial charge in [-0.05, 0) is 58.4 Å². The number of aromatic nitrogens is 2. The summed E-state index contributed by atoms with van der Waals surface area (Å²) in [5.74, 6) is -0.445. The van der Waals surface area contributed by atoms with E-state index >= 15 is 0 Å². The van der Waals surface area contributed by atoms with Crippen LogP contribution in [-0.4, -0.2) is 38.3 Å². The zero-order chi connectivity index (χ0) is 27.2. The van der Waals surface area contributed by atoms with Gasteiger partial charge in [0.05, 0.1) is 11.9 Å². The summed E-state index contributed by atoms with van der Waals surface area (Å²) < 4.78 is 6.55. The lowest BCUT2D eigenvalue weighted by atomic mass is 10.1. The zero-order valence-electron chi connectivity index (χ0n) is 21.6. The van der Waals surface area contributed by atoms with Gasteiger partial charge in [0, 0.05) is 29.9 Å². The molecule has 0 saturated carbocycles. The van der Waals surface area contributed by atoms with Crippen molar-refractivity contribution in [2.45, 2.75) is 59.4 Å². The Kier molecular flexibility index (Phi) is 8.54. The standard InChI is InChI=1S/C27H32N5O5/c1-17(2)30-24-25(35)32(16-23(34)28-14-18-9-7-6-8-10-18)22(15-29-24)19-11-20(13-21(33)12-19)31-26(36)37-27(3,4)5/h7-13,15,17,33H,14,16H2,1-5H3,(H,28,34)(H,29,30)(H,31,36). The molecule has 0 fully saturated rings. The van der Waals surface area contributed by atoms with Gasteiger partial charge in [0.15, 0.2) is 5.82 Å². The first-order chi connectivity index (χ1) is 17.4. The summed E-state index contributed by atoms with van der Waals surface area (Å²) in [5, 5.41) is 18.7. The maximum Gasteiger partial charge on any atom is 0.412 e. The Labute approximate surface area is 215 Å². The van der Waals surface area contributed by atoms with E-state index in [1.807, 2.05) is 26.0 Å². The lowest BCUT2D eigenvalue weighted by Gasteiger charge is -2.20. The minimum absolute atomic E-state index is 0.0615. The largest absolute Gasteiger partial charge is 0.508 e. The highest BCUT2D eigenvalue weighted by Crippen LogP contribution is 2.28. The Morgan fingerprint density at radius 3 is 2.51 bits per heavy atom. The Morgan fingerprint density at radius 2 is 1.86 bits per heavy atom. The first kappa shape index (κ1) is 27.3. The molecule has 0 aliphatic rings. The minimum atomic E-state index is -0.710. The number of phenolic OH excluding ortho intramolecular Hbond substituents is 1. The normalized spacial score (nSPS) is 11.2. The number of anilines is 2. The molecule has 0 aliphatic carbocycles. The molecule has 0 atom stereocenters. The fourth-order valence-electron chi connectivity index (χ4n) is 3.44. The fourth-order valence-corrected chi connectivity index (χ4v) is 3.44.